The fourth-order valence-corrected chi connectivity index (χ4v) is 3.11. The number of rotatable bonds is 6. The van der Waals surface area contributed by atoms with Crippen LogP contribution < -0.4 is 14.2 Å². The van der Waals surface area contributed by atoms with Crippen LogP contribution in [0.3, 0.4) is 0 Å². The summed E-state index contributed by atoms with van der Waals surface area (Å²) in [4.78, 5) is 12.9. The van der Waals surface area contributed by atoms with Crippen molar-refractivity contribution in [3.8, 4) is 23.0 Å². The molecule has 3 aromatic carbocycles. The van der Waals surface area contributed by atoms with Crippen molar-refractivity contribution in [2.75, 3.05) is 6.79 Å². The third-order valence-corrected chi connectivity index (χ3v) is 4.97. The predicted molar refractivity (Wildman–Crippen MR) is 113 cm³/mol. The Hall–Kier alpha value is -3.53. The largest absolute Gasteiger partial charge is 0.457 e. The third-order valence-electron chi connectivity index (χ3n) is 4.97. The Kier molecular flexibility index (Phi) is 5.09. The summed E-state index contributed by atoms with van der Waals surface area (Å²) in [5.41, 5.74) is 1.10. The minimum atomic E-state index is -0.685. The summed E-state index contributed by atoms with van der Waals surface area (Å²) < 4.78 is 16.7. The van der Waals surface area contributed by atoms with Crippen LogP contribution in [0.5, 0.6) is 23.0 Å². The Morgan fingerprint density at radius 3 is 2.48 bits per heavy atom. The molecule has 4 heteroatoms. The molecule has 0 aliphatic carbocycles. The highest BCUT2D eigenvalue weighted by Crippen LogP contribution is 2.37. The summed E-state index contributed by atoms with van der Waals surface area (Å²) >= 11 is 0. The fourth-order valence-electron chi connectivity index (χ4n) is 3.11. The summed E-state index contributed by atoms with van der Waals surface area (Å²) in [5.74, 6) is 2.89. The van der Waals surface area contributed by atoms with Crippen LogP contribution in [0.1, 0.15) is 25.0 Å². The smallest absolute Gasteiger partial charge is 0.231 e. The number of carbonyl (C=O) groups is 1. The summed E-state index contributed by atoms with van der Waals surface area (Å²) in [5, 5.41) is 0. The molecule has 1 heterocycles. The van der Waals surface area contributed by atoms with Crippen molar-refractivity contribution in [1.82, 2.24) is 0 Å². The normalized spacial score (nSPS) is 12.9. The van der Waals surface area contributed by atoms with E-state index in [-0.39, 0.29) is 12.6 Å². The molecule has 0 unspecified atom stereocenters. The lowest BCUT2D eigenvalue weighted by Crippen LogP contribution is -2.27. The van der Waals surface area contributed by atoms with Gasteiger partial charge in [0.05, 0.1) is 5.41 Å². The van der Waals surface area contributed by atoms with E-state index in [0.717, 1.165) is 22.6 Å². The number of hydrogen-bond donors (Lipinski definition) is 0. The molecule has 146 valence electrons. The number of allylic oxidation sites excluding steroid dienone is 1. The zero-order chi connectivity index (χ0) is 20.3. The number of ether oxygens (including phenoxy) is 3. The maximum Gasteiger partial charge on any atom is 0.231 e. The van der Waals surface area contributed by atoms with Crippen molar-refractivity contribution in [2.45, 2.75) is 19.3 Å². The molecule has 0 spiro atoms. The third kappa shape index (κ3) is 4.16. The van der Waals surface area contributed by atoms with Crippen LogP contribution in [-0.4, -0.2) is 12.6 Å². The van der Waals surface area contributed by atoms with Crippen LogP contribution in [0.2, 0.25) is 0 Å². The second-order valence-corrected chi connectivity index (χ2v) is 7.38. The summed E-state index contributed by atoms with van der Waals surface area (Å²) in [6.45, 7) is 4.03. The molecule has 29 heavy (non-hydrogen) atoms. The number of fused-ring (bicyclic) bond motifs is 1. The Morgan fingerprint density at radius 1 is 0.897 bits per heavy atom. The average Bonchev–Trinajstić information content (AvgIpc) is 3.21. The van der Waals surface area contributed by atoms with E-state index < -0.39 is 5.41 Å². The van der Waals surface area contributed by atoms with Gasteiger partial charge in [-0.1, -0.05) is 42.5 Å². The predicted octanol–water partition coefficient (Wildman–Crippen LogP) is 5.77. The molecule has 0 aromatic heterocycles. The van der Waals surface area contributed by atoms with Crippen LogP contribution in [0, 0.1) is 0 Å². The van der Waals surface area contributed by atoms with E-state index in [9.17, 15) is 4.79 Å². The molecular formula is C25H22O4. The van der Waals surface area contributed by atoms with Gasteiger partial charge in [0.15, 0.2) is 17.3 Å². The highest BCUT2D eigenvalue weighted by molar-refractivity contribution is 6.01. The molecule has 4 rings (SSSR count). The van der Waals surface area contributed by atoms with Crippen LogP contribution in [-0.2, 0) is 10.2 Å². The lowest BCUT2D eigenvalue weighted by atomic mass is 9.80. The SMILES string of the molecule is CC(C)(C(=O)C=Cc1cccc(Oc2ccccc2)c1)c1ccc2c(c1)OCO2. The van der Waals surface area contributed by atoms with Gasteiger partial charge in [0.2, 0.25) is 6.79 Å². The van der Waals surface area contributed by atoms with Crippen LogP contribution in [0.4, 0.5) is 0 Å². The van der Waals surface area contributed by atoms with Gasteiger partial charge in [-0.15, -0.1) is 0 Å². The van der Waals surface area contributed by atoms with Crippen molar-refractivity contribution in [1.29, 1.82) is 0 Å². The minimum Gasteiger partial charge on any atom is -0.457 e. The number of benzene rings is 3. The number of hydrogen-bond acceptors (Lipinski definition) is 4. The van der Waals surface area contributed by atoms with Gasteiger partial charge in [-0.3, -0.25) is 4.79 Å². The van der Waals surface area contributed by atoms with E-state index >= 15 is 0 Å². The maximum atomic E-state index is 12.9. The first-order valence-corrected chi connectivity index (χ1v) is 9.48. The molecule has 0 radical (unpaired) electrons. The van der Waals surface area contributed by atoms with Gasteiger partial charge < -0.3 is 14.2 Å². The Bertz CT molecular complexity index is 1050. The second kappa shape index (κ2) is 7.84. The van der Waals surface area contributed by atoms with Crippen molar-refractivity contribution in [2.24, 2.45) is 0 Å². The van der Waals surface area contributed by atoms with Crippen molar-refractivity contribution >= 4 is 11.9 Å². The van der Waals surface area contributed by atoms with Gasteiger partial charge in [-0.05, 0) is 67.4 Å². The van der Waals surface area contributed by atoms with Gasteiger partial charge in [0, 0.05) is 0 Å². The van der Waals surface area contributed by atoms with Gasteiger partial charge >= 0.3 is 0 Å². The van der Waals surface area contributed by atoms with Gasteiger partial charge in [0.25, 0.3) is 0 Å². The van der Waals surface area contributed by atoms with E-state index in [1.807, 2.05) is 92.7 Å². The van der Waals surface area contributed by atoms with E-state index in [4.69, 9.17) is 14.2 Å². The number of carbonyl (C=O) groups excluding carboxylic acids is 1. The van der Waals surface area contributed by atoms with E-state index in [2.05, 4.69) is 0 Å². The average molecular weight is 386 g/mol. The minimum absolute atomic E-state index is 0.00532. The first kappa shape index (κ1) is 18.8. The number of para-hydroxylation sites is 1. The highest BCUT2D eigenvalue weighted by Gasteiger charge is 2.29. The molecule has 0 N–H and O–H groups in total. The standard InChI is InChI=1S/C25H22O4/c1-25(2,19-12-13-22-23(16-19)28-17-27-22)24(26)14-11-18-7-6-10-21(15-18)29-20-8-4-3-5-9-20/h3-16H,17H2,1-2H3. The van der Waals surface area contributed by atoms with Crippen molar-refractivity contribution in [3.63, 3.8) is 0 Å². The van der Waals surface area contributed by atoms with Gasteiger partial charge in [-0.2, -0.15) is 0 Å². The molecule has 3 aromatic rings. The van der Waals surface area contributed by atoms with Crippen LogP contribution in [0.25, 0.3) is 6.08 Å². The Balaban J connectivity index is 1.49. The van der Waals surface area contributed by atoms with Crippen molar-refractivity contribution in [3.05, 3.63) is 90.0 Å². The molecule has 1 aliphatic rings. The summed E-state index contributed by atoms with van der Waals surface area (Å²) in [6, 6.07) is 22.9. The quantitative estimate of drug-likeness (QED) is 0.505. The van der Waals surface area contributed by atoms with Crippen molar-refractivity contribution < 1.29 is 19.0 Å². The topological polar surface area (TPSA) is 44.8 Å². The molecule has 1 aliphatic heterocycles. The summed E-state index contributed by atoms with van der Waals surface area (Å²) in [6.07, 6.45) is 3.43. The number of ketones is 1. The molecule has 0 saturated carbocycles. The van der Waals surface area contributed by atoms with E-state index in [0.29, 0.717) is 11.5 Å². The molecule has 0 atom stereocenters. The van der Waals surface area contributed by atoms with E-state index in [1.54, 1.807) is 6.08 Å². The first-order chi connectivity index (χ1) is 14.0. The highest BCUT2D eigenvalue weighted by atomic mass is 16.7. The molecule has 0 fully saturated rings. The first-order valence-electron chi connectivity index (χ1n) is 9.48. The molecule has 0 amide bonds. The Labute approximate surface area is 170 Å². The molecule has 0 bridgehead atoms. The summed E-state index contributed by atoms with van der Waals surface area (Å²) in [7, 11) is 0. The van der Waals surface area contributed by atoms with Crippen LogP contribution in [0.15, 0.2) is 78.9 Å². The van der Waals surface area contributed by atoms with Gasteiger partial charge in [0.1, 0.15) is 11.5 Å². The van der Waals surface area contributed by atoms with Crippen LogP contribution >= 0.6 is 0 Å². The zero-order valence-corrected chi connectivity index (χ0v) is 16.4. The molecule has 4 nitrogen and oxygen atoms in total. The second-order valence-electron chi connectivity index (χ2n) is 7.38. The zero-order valence-electron chi connectivity index (χ0n) is 16.4. The fraction of sp³-hybridized carbons (Fsp3) is 0.160. The van der Waals surface area contributed by atoms with Gasteiger partial charge in [-0.25, -0.2) is 0 Å². The monoisotopic (exact) mass is 386 g/mol. The molecule has 0 saturated heterocycles. The van der Waals surface area contributed by atoms with E-state index in [1.165, 1.54) is 0 Å². The Morgan fingerprint density at radius 2 is 1.66 bits per heavy atom. The lowest BCUT2D eigenvalue weighted by molar-refractivity contribution is -0.118. The maximum absolute atomic E-state index is 12.9. The lowest BCUT2D eigenvalue weighted by Gasteiger charge is -2.22. The molecular weight excluding hydrogens is 364 g/mol.